The molecule has 0 aromatic carbocycles. The zero-order chi connectivity index (χ0) is 23.2. The number of rotatable bonds is 5. The van der Waals surface area contributed by atoms with Crippen LogP contribution in [0.2, 0.25) is 0 Å². The van der Waals surface area contributed by atoms with E-state index < -0.39 is 0 Å². The maximum Gasteiger partial charge on any atom is 0.226 e. The molecular formula is C26H41N3O4. The van der Waals surface area contributed by atoms with Crippen molar-refractivity contribution >= 4 is 17.7 Å². The zero-order valence-corrected chi connectivity index (χ0v) is 20.4. The summed E-state index contributed by atoms with van der Waals surface area (Å²) in [7, 11) is 0. The van der Waals surface area contributed by atoms with Crippen molar-refractivity contribution in [2.75, 3.05) is 32.7 Å². The van der Waals surface area contributed by atoms with Gasteiger partial charge >= 0.3 is 0 Å². The fourth-order valence-corrected chi connectivity index (χ4v) is 8.01. The molecule has 4 bridgehead atoms. The van der Waals surface area contributed by atoms with E-state index in [2.05, 4.69) is 5.32 Å². The summed E-state index contributed by atoms with van der Waals surface area (Å²) < 4.78 is 5.75. The van der Waals surface area contributed by atoms with Crippen molar-refractivity contribution in [1.82, 2.24) is 15.1 Å². The van der Waals surface area contributed by atoms with Crippen molar-refractivity contribution in [2.24, 2.45) is 29.1 Å². The van der Waals surface area contributed by atoms with Gasteiger partial charge in [0.1, 0.15) is 0 Å². The lowest BCUT2D eigenvalue weighted by Gasteiger charge is -2.55. The Balaban J connectivity index is 1.04. The van der Waals surface area contributed by atoms with Crippen molar-refractivity contribution in [2.45, 2.75) is 83.8 Å². The molecule has 7 nitrogen and oxygen atoms in total. The molecule has 2 unspecified atom stereocenters. The van der Waals surface area contributed by atoms with Crippen LogP contribution < -0.4 is 5.32 Å². The minimum atomic E-state index is -0.148. The van der Waals surface area contributed by atoms with Crippen molar-refractivity contribution < 1.29 is 19.1 Å². The first kappa shape index (κ1) is 23.1. The fraction of sp³-hybridized carbons (Fsp3) is 0.885. The molecule has 2 saturated heterocycles. The van der Waals surface area contributed by atoms with Crippen molar-refractivity contribution in [1.29, 1.82) is 0 Å². The zero-order valence-electron chi connectivity index (χ0n) is 20.4. The monoisotopic (exact) mass is 459 g/mol. The Hall–Kier alpha value is -1.63. The second kappa shape index (κ2) is 9.20. The van der Waals surface area contributed by atoms with Gasteiger partial charge in [-0.1, -0.05) is 0 Å². The van der Waals surface area contributed by atoms with Gasteiger partial charge in [0.25, 0.3) is 0 Å². The molecule has 33 heavy (non-hydrogen) atoms. The Labute approximate surface area is 198 Å². The number of amides is 3. The van der Waals surface area contributed by atoms with Gasteiger partial charge in [0.05, 0.1) is 12.2 Å². The number of nitrogens with one attached hydrogen (secondary N) is 1. The second-order valence-electron chi connectivity index (χ2n) is 11.9. The molecule has 2 aliphatic heterocycles. The highest BCUT2D eigenvalue weighted by Gasteiger charge is 2.54. The molecule has 184 valence electrons. The minimum absolute atomic E-state index is 0.00216. The van der Waals surface area contributed by atoms with Gasteiger partial charge in [0.15, 0.2) is 0 Å². The Morgan fingerprint density at radius 2 is 1.42 bits per heavy atom. The van der Waals surface area contributed by atoms with Crippen LogP contribution in [0.5, 0.6) is 0 Å². The number of nitrogens with zero attached hydrogens (tertiary/aromatic N) is 2. The lowest BCUT2D eigenvalue weighted by Crippen LogP contribution is -2.54. The Bertz CT molecular complexity index is 730. The average molecular weight is 460 g/mol. The van der Waals surface area contributed by atoms with Gasteiger partial charge in [0.2, 0.25) is 17.7 Å². The van der Waals surface area contributed by atoms with E-state index in [1.165, 1.54) is 19.3 Å². The van der Waals surface area contributed by atoms with Crippen molar-refractivity contribution in [3.63, 3.8) is 0 Å². The molecule has 0 radical (unpaired) electrons. The largest absolute Gasteiger partial charge is 0.372 e. The first-order valence-corrected chi connectivity index (χ1v) is 13.3. The second-order valence-corrected chi connectivity index (χ2v) is 11.9. The maximum atomic E-state index is 13.1. The van der Waals surface area contributed by atoms with E-state index >= 15 is 0 Å². The first-order valence-electron chi connectivity index (χ1n) is 13.3. The van der Waals surface area contributed by atoms with Crippen LogP contribution in [-0.4, -0.2) is 72.5 Å². The van der Waals surface area contributed by atoms with Gasteiger partial charge < -0.3 is 19.9 Å². The average Bonchev–Trinajstić information content (AvgIpc) is 2.77. The predicted molar refractivity (Wildman–Crippen MR) is 124 cm³/mol. The number of hydrogen-bond donors (Lipinski definition) is 1. The third-order valence-electron chi connectivity index (χ3n) is 9.07. The normalized spacial score (nSPS) is 38.4. The summed E-state index contributed by atoms with van der Waals surface area (Å²) >= 11 is 0. The number of carbonyl (C=O) groups is 3. The van der Waals surface area contributed by atoms with Crippen LogP contribution in [0.15, 0.2) is 0 Å². The molecular weight excluding hydrogens is 418 g/mol. The minimum Gasteiger partial charge on any atom is -0.372 e. The molecule has 6 aliphatic rings. The SMILES string of the molecule is CC1CN(C(=O)C2CCN(C(=O)CCNC(=O)C34CC5CC(CC(C5)C3)C4)CC2)CC(C)O1. The number of likely N-dealkylation sites (tertiary alicyclic amines) is 1. The highest BCUT2D eigenvalue weighted by molar-refractivity contribution is 5.84. The van der Waals surface area contributed by atoms with Crippen LogP contribution in [0, 0.1) is 29.1 Å². The third kappa shape index (κ3) is 4.80. The van der Waals surface area contributed by atoms with Crippen LogP contribution in [0.1, 0.15) is 71.6 Å². The summed E-state index contributed by atoms with van der Waals surface area (Å²) in [6, 6.07) is 0. The fourth-order valence-electron chi connectivity index (χ4n) is 8.01. The lowest BCUT2D eigenvalue weighted by atomic mass is 9.49. The highest BCUT2D eigenvalue weighted by Crippen LogP contribution is 2.60. The quantitative estimate of drug-likeness (QED) is 0.685. The smallest absolute Gasteiger partial charge is 0.226 e. The summed E-state index contributed by atoms with van der Waals surface area (Å²) in [6.45, 7) is 7.04. The Morgan fingerprint density at radius 3 is 1.97 bits per heavy atom. The van der Waals surface area contributed by atoms with Crippen molar-refractivity contribution in [3.8, 4) is 0 Å². The van der Waals surface area contributed by atoms with Gasteiger partial charge in [0, 0.05) is 50.5 Å². The van der Waals surface area contributed by atoms with Gasteiger partial charge in [-0.05, 0) is 83.0 Å². The van der Waals surface area contributed by atoms with E-state index in [1.807, 2.05) is 23.6 Å². The summed E-state index contributed by atoms with van der Waals surface area (Å²) in [5.41, 5.74) is -0.148. The van der Waals surface area contributed by atoms with Crippen LogP contribution in [0.3, 0.4) is 0 Å². The van der Waals surface area contributed by atoms with Gasteiger partial charge in [-0.3, -0.25) is 14.4 Å². The number of ether oxygens (including phenoxy) is 1. The van der Waals surface area contributed by atoms with Gasteiger partial charge in [-0.25, -0.2) is 0 Å². The predicted octanol–water partition coefficient (Wildman–Crippen LogP) is 2.58. The summed E-state index contributed by atoms with van der Waals surface area (Å²) in [6.07, 6.45) is 9.11. The van der Waals surface area contributed by atoms with E-state index in [4.69, 9.17) is 4.74 Å². The molecule has 6 fully saturated rings. The molecule has 4 saturated carbocycles. The third-order valence-corrected chi connectivity index (χ3v) is 9.07. The van der Waals surface area contributed by atoms with Crippen LogP contribution in [0.4, 0.5) is 0 Å². The van der Waals surface area contributed by atoms with E-state index in [9.17, 15) is 14.4 Å². The van der Waals surface area contributed by atoms with Crippen LogP contribution >= 0.6 is 0 Å². The summed E-state index contributed by atoms with van der Waals surface area (Å²) in [4.78, 5) is 42.6. The summed E-state index contributed by atoms with van der Waals surface area (Å²) in [5, 5.41) is 3.13. The molecule has 7 heteroatoms. The van der Waals surface area contributed by atoms with Crippen molar-refractivity contribution in [3.05, 3.63) is 0 Å². The number of piperidine rings is 1. The first-order chi connectivity index (χ1) is 15.8. The van der Waals surface area contributed by atoms with E-state index in [0.717, 1.165) is 49.9 Å². The topological polar surface area (TPSA) is 79.0 Å². The molecule has 0 aromatic heterocycles. The van der Waals surface area contributed by atoms with Gasteiger partial charge in [-0.15, -0.1) is 0 Å². The number of hydrogen-bond acceptors (Lipinski definition) is 4. The number of morpholine rings is 1. The molecule has 1 N–H and O–H groups in total. The Morgan fingerprint density at radius 1 is 0.879 bits per heavy atom. The lowest BCUT2D eigenvalue weighted by molar-refractivity contribution is -0.150. The Kier molecular flexibility index (Phi) is 6.45. The molecule has 0 spiro atoms. The molecule has 0 aromatic rings. The summed E-state index contributed by atoms with van der Waals surface area (Å²) in [5.74, 6) is 2.76. The molecule has 3 amide bonds. The van der Waals surface area contributed by atoms with E-state index in [0.29, 0.717) is 39.1 Å². The van der Waals surface area contributed by atoms with Crippen LogP contribution in [0.25, 0.3) is 0 Å². The van der Waals surface area contributed by atoms with Crippen LogP contribution in [-0.2, 0) is 19.1 Å². The van der Waals surface area contributed by atoms with E-state index in [-0.39, 0.29) is 41.3 Å². The molecule has 2 heterocycles. The standard InChI is InChI=1S/C26H41N3O4/c1-17-15-29(16-18(2)33-17)24(31)22-4-7-28(8-5-22)23(30)3-6-27-25(32)26-12-19-9-20(13-26)11-21(10-19)14-26/h17-22H,3-16H2,1-2H3,(H,27,32). The van der Waals surface area contributed by atoms with Gasteiger partial charge in [-0.2, -0.15) is 0 Å². The molecule has 4 aliphatic carbocycles. The number of carbonyl (C=O) groups excluding carboxylic acids is 3. The van der Waals surface area contributed by atoms with E-state index in [1.54, 1.807) is 0 Å². The molecule has 6 rings (SSSR count). The molecule has 2 atom stereocenters. The maximum absolute atomic E-state index is 13.1. The highest BCUT2D eigenvalue weighted by atomic mass is 16.5.